The lowest BCUT2D eigenvalue weighted by atomic mass is 10.2. The van der Waals surface area contributed by atoms with E-state index >= 15 is 0 Å². The monoisotopic (exact) mass is 275 g/mol. The lowest BCUT2D eigenvalue weighted by Gasteiger charge is -2.08. The first-order valence-electron chi connectivity index (χ1n) is 5.96. The number of aldehydes is 1. The van der Waals surface area contributed by atoms with Crippen molar-refractivity contribution >= 4 is 12.0 Å². The average molecular weight is 275 g/mol. The van der Waals surface area contributed by atoms with E-state index in [2.05, 4.69) is 4.98 Å². The van der Waals surface area contributed by atoms with Crippen molar-refractivity contribution in [2.24, 2.45) is 0 Å². The van der Waals surface area contributed by atoms with Crippen LogP contribution in [-0.2, 0) is 6.54 Å². The molecule has 1 aromatic heterocycles. The fraction of sp³-hybridized carbons (Fsp3) is 0.231. The van der Waals surface area contributed by atoms with Crippen molar-refractivity contribution in [3.8, 4) is 5.75 Å². The summed E-state index contributed by atoms with van der Waals surface area (Å²) in [5.74, 6) is 0.933. The number of aromatic nitrogens is 2. The molecule has 1 heterocycles. The molecule has 1 aromatic carbocycles. The molecule has 0 aliphatic heterocycles. The van der Waals surface area contributed by atoms with Gasteiger partial charge in [-0.3, -0.25) is 14.9 Å². The summed E-state index contributed by atoms with van der Waals surface area (Å²) in [4.78, 5) is 25.1. The maximum absolute atomic E-state index is 10.9. The van der Waals surface area contributed by atoms with Crippen LogP contribution in [-0.4, -0.2) is 27.4 Å². The molecule has 0 amide bonds. The molecule has 0 N–H and O–H groups in total. The second kappa shape index (κ2) is 5.96. The van der Waals surface area contributed by atoms with Crippen LogP contribution < -0.4 is 4.74 Å². The maximum atomic E-state index is 10.9. The van der Waals surface area contributed by atoms with Crippen molar-refractivity contribution in [1.82, 2.24) is 9.55 Å². The van der Waals surface area contributed by atoms with E-state index < -0.39 is 4.92 Å². The van der Waals surface area contributed by atoms with Crippen LogP contribution in [0.1, 0.15) is 16.2 Å². The molecule has 0 bridgehead atoms. The fourth-order valence-electron chi connectivity index (χ4n) is 1.76. The highest BCUT2D eigenvalue weighted by molar-refractivity contribution is 5.76. The number of carbonyl (C=O) groups is 1. The Morgan fingerprint density at radius 3 is 2.90 bits per heavy atom. The van der Waals surface area contributed by atoms with E-state index in [1.165, 1.54) is 18.2 Å². The average Bonchev–Trinajstić information content (AvgIpc) is 2.84. The van der Waals surface area contributed by atoms with Crippen molar-refractivity contribution < 1.29 is 14.5 Å². The summed E-state index contributed by atoms with van der Waals surface area (Å²) in [5, 5.41) is 10.9. The topological polar surface area (TPSA) is 87.3 Å². The number of rotatable bonds is 6. The Morgan fingerprint density at radius 2 is 2.30 bits per heavy atom. The molecule has 0 atom stereocenters. The number of benzene rings is 1. The number of carbonyl (C=O) groups excluding carboxylic acids is 1. The number of hydrogen-bond acceptors (Lipinski definition) is 5. The van der Waals surface area contributed by atoms with Gasteiger partial charge in [0.05, 0.1) is 11.5 Å². The Morgan fingerprint density at radius 1 is 1.50 bits per heavy atom. The zero-order valence-corrected chi connectivity index (χ0v) is 10.9. The molecule has 7 heteroatoms. The molecule has 2 rings (SSSR count). The van der Waals surface area contributed by atoms with Gasteiger partial charge in [-0.2, -0.15) is 0 Å². The van der Waals surface area contributed by atoms with Crippen molar-refractivity contribution in [2.75, 3.05) is 6.61 Å². The normalized spacial score (nSPS) is 10.2. The molecule has 104 valence electrons. The molecule has 0 aliphatic carbocycles. The van der Waals surface area contributed by atoms with Gasteiger partial charge in [0.1, 0.15) is 18.7 Å². The van der Waals surface area contributed by atoms with Gasteiger partial charge in [-0.1, -0.05) is 0 Å². The molecule has 2 aromatic rings. The predicted octanol–water partition coefficient (Wildman–Crippen LogP) is 1.99. The molecular weight excluding hydrogens is 262 g/mol. The Labute approximate surface area is 115 Å². The minimum absolute atomic E-state index is 0.0948. The quantitative estimate of drug-likeness (QED) is 0.457. The lowest BCUT2D eigenvalue weighted by molar-refractivity contribution is -0.385. The van der Waals surface area contributed by atoms with Crippen LogP contribution in [0.2, 0.25) is 0 Å². The Bertz CT molecular complexity index is 636. The highest BCUT2D eigenvalue weighted by Crippen LogP contribution is 2.27. The summed E-state index contributed by atoms with van der Waals surface area (Å²) in [6.07, 6.45) is 4.09. The second-order valence-corrected chi connectivity index (χ2v) is 4.12. The van der Waals surface area contributed by atoms with E-state index in [9.17, 15) is 14.9 Å². The van der Waals surface area contributed by atoms with E-state index in [0.717, 1.165) is 5.82 Å². The summed E-state index contributed by atoms with van der Waals surface area (Å²) in [5.41, 5.74) is 0.183. The van der Waals surface area contributed by atoms with E-state index in [1.807, 2.05) is 11.5 Å². The number of nitrogens with zero attached hydrogens (tertiary/aromatic N) is 3. The fourth-order valence-corrected chi connectivity index (χ4v) is 1.76. The van der Waals surface area contributed by atoms with Gasteiger partial charge < -0.3 is 9.30 Å². The van der Waals surface area contributed by atoms with Crippen LogP contribution in [0.25, 0.3) is 0 Å². The van der Waals surface area contributed by atoms with Crippen LogP contribution in [0.5, 0.6) is 5.75 Å². The van der Waals surface area contributed by atoms with Crippen LogP contribution >= 0.6 is 0 Å². The van der Waals surface area contributed by atoms with Crippen molar-refractivity contribution in [2.45, 2.75) is 13.5 Å². The first-order valence-corrected chi connectivity index (χ1v) is 5.96. The number of nitro groups is 1. The molecular formula is C13H13N3O4. The van der Waals surface area contributed by atoms with Gasteiger partial charge >= 0.3 is 5.69 Å². The summed E-state index contributed by atoms with van der Waals surface area (Å²) in [6, 6.07) is 4.02. The third-order valence-electron chi connectivity index (χ3n) is 2.83. The summed E-state index contributed by atoms with van der Waals surface area (Å²) in [6.45, 7) is 2.63. The number of ether oxygens (including phenoxy) is 1. The Kier molecular flexibility index (Phi) is 4.09. The zero-order valence-electron chi connectivity index (χ0n) is 10.9. The molecule has 0 aliphatic rings. The molecule has 20 heavy (non-hydrogen) atoms. The lowest BCUT2D eigenvalue weighted by Crippen LogP contribution is -2.09. The van der Waals surface area contributed by atoms with E-state index in [4.69, 9.17) is 4.74 Å². The standard InChI is InChI=1S/C13H13N3O4/c1-10-14-4-5-15(10)6-7-20-13-8-11(9-17)2-3-12(13)16(18)19/h2-5,8-9H,6-7H2,1H3. The summed E-state index contributed by atoms with van der Waals surface area (Å²) < 4.78 is 7.29. The van der Waals surface area contributed by atoms with Crippen molar-refractivity contribution in [3.05, 3.63) is 52.1 Å². The first-order chi connectivity index (χ1) is 9.61. The van der Waals surface area contributed by atoms with Crippen LogP contribution in [0.3, 0.4) is 0 Å². The van der Waals surface area contributed by atoms with Gasteiger partial charge in [0.15, 0.2) is 5.75 Å². The summed E-state index contributed by atoms with van der Waals surface area (Å²) >= 11 is 0. The minimum atomic E-state index is -0.535. The molecule has 0 radical (unpaired) electrons. The Hall–Kier alpha value is -2.70. The highest BCUT2D eigenvalue weighted by atomic mass is 16.6. The SMILES string of the molecule is Cc1nccn1CCOc1cc(C=O)ccc1[N+](=O)[O-]. The molecule has 7 nitrogen and oxygen atoms in total. The molecule has 0 saturated heterocycles. The molecule has 0 saturated carbocycles. The van der Waals surface area contributed by atoms with Gasteiger partial charge in [-0.25, -0.2) is 4.98 Å². The third kappa shape index (κ3) is 3.00. The van der Waals surface area contributed by atoms with Gasteiger partial charge in [-0.15, -0.1) is 0 Å². The van der Waals surface area contributed by atoms with Crippen LogP contribution in [0, 0.1) is 17.0 Å². The number of hydrogen-bond donors (Lipinski definition) is 0. The number of aryl methyl sites for hydroxylation is 1. The molecule has 0 unspecified atom stereocenters. The predicted molar refractivity (Wildman–Crippen MR) is 70.9 cm³/mol. The van der Waals surface area contributed by atoms with Gasteiger partial charge in [0, 0.05) is 24.0 Å². The minimum Gasteiger partial charge on any atom is -0.485 e. The molecule has 0 fully saturated rings. The van der Waals surface area contributed by atoms with Crippen molar-refractivity contribution in [3.63, 3.8) is 0 Å². The third-order valence-corrected chi connectivity index (χ3v) is 2.83. The highest BCUT2D eigenvalue weighted by Gasteiger charge is 2.15. The maximum Gasteiger partial charge on any atom is 0.310 e. The summed E-state index contributed by atoms with van der Waals surface area (Å²) in [7, 11) is 0. The van der Waals surface area contributed by atoms with E-state index in [-0.39, 0.29) is 18.0 Å². The number of imidazole rings is 1. The smallest absolute Gasteiger partial charge is 0.310 e. The number of nitro benzene ring substituents is 1. The second-order valence-electron chi connectivity index (χ2n) is 4.12. The zero-order chi connectivity index (χ0) is 14.5. The van der Waals surface area contributed by atoms with Gasteiger partial charge in [0.25, 0.3) is 0 Å². The largest absolute Gasteiger partial charge is 0.485 e. The van der Waals surface area contributed by atoms with Crippen LogP contribution in [0.4, 0.5) is 5.69 Å². The van der Waals surface area contributed by atoms with Gasteiger partial charge in [-0.05, 0) is 19.1 Å². The van der Waals surface area contributed by atoms with Crippen LogP contribution in [0.15, 0.2) is 30.6 Å². The van der Waals surface area contributed by atoms with Gasteiger partial charge in [0.2, 0.25) is 0 Å². The van der Waals surface area contributed by atoms with E-state index in [0.29, 0.717) is 18.4 Å². The van der Waals surface area contributed by atoms with E-state index in [1.54, 1.807) is 12.4 Å². The first kappa shape index (κ1) is 13.7. The Balaban J connectivity index is 2.09. The molecule has 0 spiro atoms. The van der Waals surface area contributed by atoms with Crippen molar-refractivity contribution in [1.29, 1.82) is 0 Å².